The molecule has 2 aromatic heterocycles. The lowest BCUT2D eigenvalue weighted by Crippen LogP contribution is -2.38. The third-order valence-corrected chi connectivity index (χ3v) is 3.99. The van der Waals surface area contributed by atoms with Crippen LogP contribution in [0.4, 0.5) is 5.82 Å². The van der Waals surface area contributed by atoms with E-state index in [1.807, 2.05) is 25.1 Å². The van der Waals surface area contributed by atoms with E-state index in [4.69, 9.17) is 0 Å². The number of nitrogens with one attached hydrogen (secondary N) is 1. The predicted octanol–water partition coefficient (Wildman–Crippen LogP) is 1.64. The molecule has 1 atom stereocenters. The summed E-state index contributed by atoms with van der Waals surface area (Å²) in [5.74, 6) is 1.18. The summed E-state index contributed by atoms with van der Waals surface area (Å²) in [4.78, 5) is 6.66. The minimum atomic E-state index is 0.246. The zero-order valence-electron chi connectivity index (χ0n) is 12.7. The minimum absolute atomic E-state index is 0.246. The second-order valence-corrected chi connectivity index (χ2v) is 5.62. The molecule has 2 N–H and O–H groups in total. The van der Waals surface area contributed by atoms with Crippen molar-refractivity contribution in [3.05, 3.63) is 41.9 Å². The fourth-order valence-corrected chi connectivity index (χ4v) is 2.89. The third-order valence-electron chi connectivity index (χ3n) is 3.99. The molecule has 116 valence electrons. The molecule has 6 heteroatoms. The van der Waals surface area contributed by atoms with Crippen LogP contribution in [0.25, 0.3) is 0 Å². The summed E-state index contributed by atoms with van der Waals surface area (Å²) >= 11 is 0. The number of nitrogens with zero attached hydrogens (tertiary/aromatic N) is 4. The number of aromatic hydroxyl groups is 1. The molecule has 0 saturated carbocycles. The predicted molar refractivity (Wildman–Crippen MR) is 84.7 cm³/mol. The van der Waals surface area contributed by atoms with Crippen LogP contribution in [-0.2, 0) is 6.54 Å². The number of aromatic nitrogens is 3. The molecule has 6 nitrogen and oxygen atoms in total. The van der Waals surface area contributed by atoms with Gasteiger partial charge in [0.1, 0.15) is 5.75 Å². The van der Waals surface area contributed by atoms with Crippen LogP contribution in [0.15, 0.2) is 30.5 Å². The molecular weight excluding hydrogens is 278 g/mol. The van der Waals surface area contributed by atoms with E-state index in [-0.39, 0.29) is 5.75 Å². The summed E-state index contributed by atoms with van der Waals surface area (Å²) in [5.41, 5.74) is 1.61. The van der Waals surface area contributed by atoms with Crippen LogP contribution >= 0.6 is 0 Å². The Balaban J connectivity index is 1.58. The Kier molecular flexibility index (Phi) is 4.48. The standard InChI is InChI=1S/C16H21N5O/c1-12-6-7-15(22)14(19-12)11-17-10-13-4-3-9-21(13)16-5-2-8-18-20-16/h2,5-8,13,17,22H,3-4,9-11H2,1H3/t13-/m0/s1. The summed E-state index contributed by atoms with van der Waals surface area (Å²) in [6, 6.07) is 7.83. The van der Waals surface area contributed by atoms with E-state index in [1.165, 1.54) is 0 Å². The summed E-state index contributed by atoms with van der Waals surface area (Å²) in [7, 11) is 0. The Labute approximate surface area is 130 Å². The second kappa shape index (κ2) is 6.70. The zero-order valence-corrected chi connectivity index (χ0v) is 12.7. The molecule has 0 aliphatic carbocycles. The summed E-state index contributed by atoms with van der Waals surface area (Å²) in [6.45, 7) is 4.35. The third kappa shape index (κ3) is 3.33. The SMILES string of the molecule is Cc1ccc(O)c(CNC[C@@H]2CCCN2c2cccnn2)n1. The molecule has 1 aliphatic heterocycles. The highest BCUT2D eigenvalue weighted by molar-refractivity contribution is 5.39. The van der Waals surface area contributed by atoms with Gasteiger partial charge in [0.15, 0.2) is 5.82 Å². The van der Waals surface area contributed by atoms with E-state index in [0.29, 0.717) is 18.3 Å². The van der Waals surface area contributed by atoms with Gasteiger partial charge in [0.25, 0.3) is 0 Å². The van der Waals surface area contributed by atoms with E-state index in [0.717, 1.165) is 37.4 Å². The Hall–Kier alpha value is -2.21. The summed E-state index contributed by atoms with van der Waals surface area (Å²) < 4.78 is 0. The number of rotatable bonds is 5. The number of hydrogen-bond acceptors (Lipinski definition) is 6. The van der Waals surface area contributed by atoms with Gasteiger partial charge in [-0.2, -0.15) is 5.10 Å². The highest BCUT2D eigenvalue weighted by Gasteiger charge is 2.25. The van der Waals surface area contributed by atoms with Crippen molar-refractivity contribution < 1.29 is 5.11 Å². The lowest BCUT2D eigenvalue weighted by Gasteiger charge is -2.25. The first-order valence-corrected chi connectivity index (χ1v) is 7.64. The smallest absolute Gasteiger partial charge is 0.151 e. The topological polar surface area (TPSA) is 74.2 Å². The maximum atomic E-state index is 9.83. The van der Waals surface area contributed by atoms with Crippen molar-refractivity contribution in [1.29, 1.82) is 0 Å². The van der Waals surface area contributed by atoms with Crippen molar-refractivity contribution in [3.8, 4) is 5.75 Å². The number of hydrogen-bond donors (Lipinski definition) is 2. The van der Waals surface area contributed by atoms with Crippen LogP contribution in [0.2, 0.25) is 0 Å². The number of aryl methyl sites for hydroxylation is 1. The van der Waals surface area contributed by atoms with Crippen molar-refractivity contribution in [1.82, 2.24) is 20.5 Å². The van der Waals surface area contributed by atoms with E-state index < -0.39 is 0 Å². The maximum Gasteiger partial charge on any atom is 0.151 e. The molecule has 3 rings (SSSR count). The Morgan fingerprint density at radius 2 is 2.27 bits per heavy atom. The van der Waals surface area contributed by atoms with Gasteiger partial charge in [-0.3, -0.25) is 4.98 Å². The van der Waals surface area contributed by atoms with Crippen molar-refractivity contribution in [2.75, 3.05) is 18.0 Å². The average Bonchev–Trinajstić information content (AvgIpc) is 3.00. The molecule has 1 aliphatic rings. The molecule has 0 aromatic carbocycles. The van der Waals surface area contributed by atoms with Crippen LogP contribution < -0.4 is 10.2 Å². The Morgan fingerprint density at radius 1 is 1.36 bits per heavy atom. The van der Waals surface area contributed by atoms with E-state index in [9.17, 15) is 5.11 Å². The fraction of sp³-hybridized carbons (Fsp3) is 0.438. The van der Waals surface area contributed by atoms with Crippen LogP contribution in [0.5, 0.6) is 5.75 Å². The monoisotopic (exact) mass is 299 g/mol. The summed E-state index contributed by atoms with van der Waals surface area (Å²) in [6.07, 6.45) is 3.99. The van der Waals surface area contributed by atoms with Gasteiger partial charge in [-0.1, -0.05) is 0 Å². The van der Waals surface area contributed by atoms with Crippen LogP contribution in [0.1, 0.15) is 24.2 Å². The lowest BCUT2D eigenvalue weighted by atomic mass is 10.2. The molecule has 22 heavy (non-hydrogen) atoms. The van der Waals surface area contributed by atoms with Gasteiger partial charge in [0.2, 0.25) is 0 Å². The van der Waals surface area contributed by atoms with Gasteiger partial charge in [0.05, 0.1) is 5.69 Å². The number of pyridine rings is 1. The van der Waals surface area contributed by atoms with Crippen LogP contribution in [0, 0.1) is 6.92 Å². The van der Waals surface area contributed by atoms with E-state index in [2.05, 4.69) is 25.4 Å². The van der Waals surface area contributed by atoms with Crippen molar-refractivity contribution in [2.24, 2.45) is 0 Å². The molecule has 1 fully saturated rings. The normalized spacial score (nSPS) is 17.9. The number of anilines is 1. The van der Waals surface area contributed by atoms with Crippen LogP contribution in [0.3, 0.4) is 0 Å². The van der Waals surface area contributed by atoms with Gasteiger partial charge in [0, 0.05) is 37.6 Å². The fourth-order valence-electron chi connectivity index (χ4n) is 2.89. The van der Waals surface area contributed by atoms with Crippen LogP contribution in [-0.4, -0.2) is 39.4 Å². The van der Waals surface area contributed by atoms with E-state index >= 15 is 0 Å². The molecule has 0 unspecified atom stereocenters. The molecule has 3 heterocycles. The Bertz CT molecular complexity index is 619. The molecule has 0 bridgehead atoms. The van der Waals surface area contributed by atoms with Crippen molar-refractivity contribution in [3.63, 3.8) is 0 Å². The molecule has 0 amide bonds. The average molecular weight is 299 g/mol. The second-order valence-electron chi connectivity index (χ2n) is 5.62. The lowest BCUT2D eigenvalue weighted by molar-refractivity contribution is 0.456. The zero-order chi connectivity index (χ0) is 15.4. The first kappa shape index (κ1) is 14.7. The maximum absolute atomic E-state index is 9.83. The largest absolute Gasteiger partial charge is 0.506 e. The summed E-state index contributed by atoms with van der Waals surface area (Å²) in [5, 5.41) is 21.4. The van der Waals surface area contributed by atoms with Crippen molar-refractivity contribution >= 4 is 5.82 Å². The molecule has 0 spiro atoms. The van der Waals surface area contributed by atoms with Crippen molar-refractivity contribution in [2.45, 2.75) is 32.4 Å². The molecular formula is C16H21N5O. The van der Waals surface area contributed by atoms with Gasteiger partial charge in [-0.05, 0) is 44.0 Å². The van der Waals surface area contributed by atoms with Gasteiger partial charge in [-0.25, -0.2) is 0 Å². The first-order valence-electron chi connectivity index (χ1n) is 7.64. The highest BCUT2D eigenvalue weighted by Crippen LogP contribution is 2.22. The minimum Gasteiger partial charge on any atom is -0.506 e. The van der Waals surface area contributed by atoms with E-state index in [1.54, 1.807) is 12.3 Å². The van der Waals surface area contributed by atoms with Gasteiger partial charge in [-0.15, -0.1) is 5.10 Å². The van der Waals surface area contributed by atoms with Gasteiger partial charge < -0.3 is 15.3 Å². The molecule has 2 aromatic rings. The van der Waals surface area contributed by atoms with Gasteiger partial charge >= 0.3 is 0 Å². The molecule has 0 radical (unpaired) electrons. The highest BCUT2D eigenvalue weighted by atomic mass is 16.3. The quantitative estimate of drug-likeness (QED) is 0.874. The first-order chi connectivity index (χ1) is 10.7. The molecule has 1 saturated heterocycles. The Morgan fingerprint density at radius 3 is 3.09 bits per heavy atom.